The SMILES string of the molecule is O=C1CCC(N2Cc3c(CNC4CCNC(c5ccccc5)C4)cccc3C2=O)C(=O)N1. The number of hydrogen-bond acceptors (Lipinski definition) is 5. The summed E-state index contributed by atoms with van der Waals surface area (Å²) in [5.41, 5.74) is 4.07. The van der Waals surface area contributed by atoms with E-state index in [-0.39, 0.29) is 24.1 Å². The van der Waals surface area contributed by atoms with Crippen molar-refractivity contribution in [2.45, 2.75) is 56.9 Å². The summed E-state index contributed by atoms with van der Waals surface area (Å²) in [6.45, 7) is 2.06. The first-order chi connectivity index (χ1) is 15.6. The highest BCUT2D eigenvalue weighted by atomic mass is 16.2. The molecule has 0 spiro atoms. The molecule has 166 valence electrons. The standard InChI is InChI=1S/C25H28N4O3/c30-23-10-9-22(24(31)28-23)29-15-20-17(7-4-8-19(20)25(29)32)14-27-18-11-12-26-21(13-18)16-5-2-1-3-6-16/h1-8,18,21-22,26-27H,9-15H2,(H,28,30,31). The van der Waals surface area contributed by atoms with Gasteiger partial charge in [-0.15, -0.1) is 0 Å². The number of piperidine rings is 2. The topological polar surface area (TPSA) is 90.5 Å². The fourth-order valence-corrected chi connectivity index (χ4v) is 5.11. The van der Waals surface area contributed by atoms with Gasteiger partial charge in [-0.05, 0) is 48.6 Å². The number of nitrogens with zero attached hydrogens (tertiary/aromatic N) is 1. The van der Waals surface area contributed by atoms with Gasteiger partial charge in [0.2, 0.25) is 11.8 Å². The maximum atomic E-state index is 13.0. The number of fused-ring (bicyclic) bond motifs is 1. The number of benzene rings is 2. The molecule has 2 aromatic rings. The third-order valence-corrected chi connectivity index (χ3v) is 6.87. The minimum atomic E-state index is -0.579. The Balaban J connectivity index is 1.26. The molecule has 3 N–H and O–H groups in total. The maximum absolute atomic E-state index is 13.0. The Bertz CT molecular complexity index is 1040. The van der Waals surface area contributed by atoms with E-state index in [0.29, 0.717) is 37.2 Å². The second kappa shape index (κ2) is 8.84. The van der Waals surface area contributed by atoms with Crippen molar-refractivity contribution in [3.05, 3.63) is 70.8 Å². The van der Waals surface area contributed by atoms with Crippen LogP contribution in [0.25, 0.3) is 0 Å². The van der Waals surface area contributed by atoms with Crippen LogP contribution in [0, 0.1) is 0 Å². The van der Waals surface area contributed by atoms with E-state index in [2.05, 4.69) is 46.3 Å². The minimum Gasteiger partial charge on any atom is -0.322 e. The molecule has 5 rings (SSSR count). The first-order valence-corrected chi connectivity index (χ1v) is 11.4. The van der Waals surface area contributed by atoms with Crippen LogP contribution >= 0.6 is 0 Å². The van der Waals surface area contributed by atoms with Gasteiger partial charge in [0, 0.05) is 37.2 Å². The Morgan fingerprint density at radius 1 is 1.00 bits per heavy atom. The molecule has 3 aliphatic rings. The monoisotopic (exact) mass is 432 g/mol. The van der Waals surface area contributed by atoms with Gasteiger partial charge in [0.05, 0.1) is 0 Å². The Morgan fingerprint density at radius 3 is 2.66 bits per heavy atom. The van der Waals surface area contributed by atoms with Gasteiger partial charge in [0.1, 0.15) is 6.04 Å². The molecule has 2 aromatic carbocycles. The van der Waals surface area contributed by atoms with Crippen molar-refractivity contribution >= 4 is 17.7 Å². The first-order valence-electron chi connectivity index (χ1n) is 11.4. The van der Waals surface area contributed by atoms with E-state index >= 15 is 0 Å². The number of nitrogens with one attached hydrogen (secondary N) is 3. The van der Waals surface area contributed by atoms with Crippen LogP contribution in [0.15, 0.2) is 48.5 Å². The minimum absolute atomic E-state index is 0.123. The van der Waals surface area contributed by atoms with E-state index < -0.39 is 6.04 Å². The average molecular weight is 433 g/mol. The van der Waals surface area contributed by atoms with Crippen LogP contribution in [0.1, 0.15) is 58.8 Å². The van der Waals surface area contributed by atoms with Crippen LogP contribution in [0.2, 0.25) is 0 Å². The van der Waals surface area contributed by atoms with Gasteiger partial charge in [0.15, 0.2) is 0 Å². The lowest BCUT2D eigenvalue weighted by atomic mass is 9.93. The Labute approximate surface area is 187 Å². The van der Waals surface area contributed by atoms with Gasteiger partial charge in [-0.2, -0.15) is 0 Å². The van der Waals surface area contributed by atoms with Crippen LogP contribution in [0.3, 0.4) is 0 Å². The van der Waals surface area contributed by atoms with Crippen LogP contribution < -0.4 is 16.0 Å². The molecular formula is C25H28N4O3. The lowest BCUT2D eigenvalue weighted by Crippen LogP contribution is -2.52. The van der Waals surface area contributed by atoms with Crippen molar-refractivity contribution in [1.29, 1.82) is 0 Å². The van der Waals surface area contributed by atoms with Crippen LogP contribution in [0.5, 0.6) is 0 Å². The lowest BCUT2D eigenvalue weighted by molar-refractivity contribution is -0.136. The van der Waals surface area contributed by atoms with Crippen molar-refractivity contribution < 1.29 is 14.4 Å². The molecule has 3 heterocycles. The fourth-order valence-electron chi connectivity index (χ4n) is 5.11. The highest BCUT2D eigenvalue weighted by Crippen LogP contribution is 2.30. The second-order valence-corrected chi connectivity index (χ2v) is 8.86. The smallest absolute Gasteiger partial charge is 0.255 e. The third-order valence-electron chi connectivity index (χ3n) is 6.87. The second-order valence-electron chi connectivity index (χ2n) is 8.86. The maximum Gasteiger partial charge on any atom is 0.255 e. The van der Waals surface area contributed by atoms with Gasteiger partial charge >= 0.3 is 0 Å². The molecule has 3 unspecified atom stereocenters. The molecule has 7 heteroatoms. The van der Waals surface area contributed by atoms with Gasteiger partial charge in [-0.3, -0.25) is 19.7 Å². The molecule has 0 aliphatic carbocycles. The summed E-state index contributed by atoms with van der Waals surface area (Å²) >= 11 is 0. The summed E-state index contributed by atoms with van der Waals surface area (Å²) in [6, 6.07) is 16.5. The molecule has 0 bridgehead atoms. The van der Waals surface area contributed by atoms with Crippen molar-refractivity contribution in [2.75, 3.05) is 6.54 Å². The number of rotatable bonds is 5. The molecular weight excluding hydrogens is 404 g/mol. The summed E-state index contributed by atoms with van der Waals surface area (Å²) in [5.74, 6) is -0.762. The van der Waals surface area contributed by atoms with Crippen molar-refractivity contribution in [1.82, 2.24) is 20.9 Å². The molecule has 2 saturated heterocycles. The fraction of sp³-hybridized carbons (Fsp3) is 0.400. The largest absolute Gasteiger partial charge is 0.322 e. The number of imide groups is 1. The van der Waals surface area contributed by atoms with Gasteiger partial charge in [-0.1, -0.05) is 42.5 Å². The summed E-state index contributed by atoms with van der Waals surface area (Å²) in [6.07, 6.45) is 2.72. The van der Waals surface area contributed by atoms with E-state index in [9.17, 15) is 14.4 Å². The van der Waals surface area contributed by atoms with Crippen LogP contribution in [-0.2, 0) is 22.7 Å². The summed E-state index contributed by atoms with van der Waals surface area (Å²) < 4.78 is 0. The zero-order chi connectivity index (χ0) is 22.1. The first kappa shape index (κ1) is 20.8. The Kier molecular flexibility index (Phi) is 5.76. The third kappa shape index (κ3) is 4.06. The summed E-state index contributed by atoms with van der Waals surface area (Å²) in [5, 5.41) is 9.67. The Morgan fingerprint density at radius 2 is 1.84 bits per heavy atom. The van der Waals surface area contributed by atoms with Gasteiger partial charge in [0.25, 0.3) is 5.91 Å². The van der Waals surface area contributed by atoms with Crippen LogP contribution in [-0.4, -0.2) is 41.2 Å². The molecule has 0 saturated carbocycles. The van der Waals surface area contributed by atoms with Gasteiger partial charge in [-0.25, -0.2) is 0 Å². The zero-order valence-corrected chi connectivity index (χ0v) is 18.0. The molecule has 2 fully saturated rings. The molecule has 3 atom stereocenters. The molecule has 32 heavy (non-hydrogen) atoms. The molecule has 0 aromatic heterocycles. The highest BCUT2D eigenvalue weighted by molar-refractivity contribution is 6.05. The number of carbonyl (C=O) groups is 3. The van der Waals surface area contributed by atoms with Gasteiger partial charge < -0.3 is 15.5 Å². The predicted molar refractivity (Wildman–Crippen MR) is 120 cm³/mol. The Hall–Kier alpha value is -3.03. The van der Waals surface area contributed by atoms with Crippen molar-refractivity contribution in [3.8, 4) is 0 Å². The lowest BCUT2D eigenvalue weighted by Gasteiger charge is -2.31. The number of amides is 3. The number of hydrogen-bond donors (Lipinski definition) is 3. The summed E-state index contributed by atoms with van der Waals surface area (Å²) in [7, 11) is 0. The molecule has 3 amide bonds. The quantitative estimate of drug-likeness (QED) is 0.629. The van der Waals surface area contributed by atoms with E-state index in [0.717, 1.165) is 30.5 Å². The number of carbonyl (C=O) groups excluding carboxylic acids is 3. The van der Waals surface area contributed by atoms with Crippen molar-refractivity contribution in [2.24, 2.45) is 0 Å². The summed E-state index contributed by atoms with van der Waals surface area (Å²) in [4.78, 5) is 38.4. The van der Waals surface area contributed by atoms with E-state index in [1.54, 1.807) is 4.90 Å². The molecule has 0 radical (unpaired) electrons. The van der Waals surface area contributed by atoms with E-state index in [4.69, 9.17) is 0 Å². The predicted octanol–water partition coefficient (Wildman–Crippen LogP) is 2.03. The molecule has 3 aliphatic heterocycles. The van der Waals surface area contributed by atoms with E-state index in [1.807, 2.05) is 18.2 Å². The van der Waals surface area contributed by atoms with E-state index in [1.165, 1.54) is 5.56 Å². The zero-order valence-electron chi connectivity index (χ0n) is 18.0. The average Bonchev–Trinajstić information content (AvgIpc) is 3.15. The normalized spacial score (nSPS) is 25.6. The van der Waals surface area contributed by atoms with Crippen molar-refractivity contribution in [3.63, 3.8) is 0 Å². The molecule has 7 nitrogen and oxygen atoms in total. The van der Waals surface area contributed by atoms with Crippen LogP contribution in [0.4, 0.5) is 0 Å². The highest BCUT2D eigenvalue weighted by Gasteiger charge is 2.39.